The van der Waals surface area contributed by atoms with Gasteiger partial charge in [0.2, 0.25) is 0 Å². The Morgan fingerprint density at radius 3 is 1.13 bits per heavy atom. The Kier molecular flexibility index (Phi) is 43.1. The summed E-state index contributed by atoms with van der Waals surface area (Å²) in [5, 5.41) is 0. The zero-order valence-corrected chi connectivity index (χ0v) is 41.7. The smallest absolute Gasteiger partial charge is 0.305 e. The summed E-state index contributed by atoms with van der Waals surface area (Å²) < 4.78 is 17.6. The van der Waals surface area contributed by atoms with Gasteiger partial charge in [-0.25, -0.2) is 0 Å². The van der Waals surface area contributed by atoms with E-state index in [1.54, 1.807) is 0 Å². The molecule has 0 aliphatic carbocycles. The average Bonchev–Trinajstić information content (AvgIpc) is 3.78. The summed E-state index contributed by atoms with van der Waals surface area (Å²) in [5.74, 6) is 2.18. The van der Waals surface area contributed by atoms with Crippen LogP contribution >= 0.6 is 0 Å². The molecule has 0 spiro atoms. The molecule has 1 rings (SSSR count). The number of carbonyl (C=O) groups excluding carboxylic acids is 2. The van der Waals surface area contributed by atoms with E-state index in [2.05, 4.69) is 32.6 Å². The van der Waals surface area contributed by atoms with Gasteiger partial charge in [0.25, 0.3) is 0 Å². The van der Waals surface area contributed by atoms with E-state index in [1.807, 2.05) is 0 Å². The molecule has 0 saturated carbocycles. The summed E-state index contributed by atoms with van der Waals surface area (Å²) in [5.41, 5.74) is 0. The lowest BCUT2D eigenvalue weighted by Gasteiger charge is -2.18. The summed E-state index contributed by atoms with van der Waals surface area (Å²) in [7, 11) is 0. The van der Waals surface area contributed by atoms with Gasteiger partial charge in [0.15, 0.2) is 0 Å². The maximum Gasteiger partial charge on any atom is 0.305 e. The second kappa shape index (κ2) is 45.4. The Morgan fingerprint density at radius 1 is 0.393 bits per heavy atom. The van der Waals surface area contributed by atoms with Crippen molar-refractivity contribution in [1.29, 1.82) is 0 Å². The van der Waals surface area contributed by atoms with Crippen molar-refractivity contribution in [2.75, 3.05) is 46.1 Å². The molecule has 0 aromatic carbocycles. The van der Waals surface area contributed by atoms with Crippen molar-refractivity contribution in [3.63, 3.8) is 0 Å². The minimum Gasteiger partial charge on any atom is -0.466 e. The quantitative estimate of drug-likeness (QED) is 0.0448. The number of rotatable bonds is 48. The van der Waals surface area contributed by atoms with Crippen LogP contribution in [-0.2, 0) is 23.8 Å². The van der Waals surface area contributed by atoms with Crippen LogP contribution in [-0.4, -0.2) is 62.9 Å². The normalized spacial score (nSPS) is 13.4. The summed E-state index contributed by atoms with van der Waals surface area (Å²) in [4.78, 5) is 27.4. The highest BCUT2D eigenvalue weighted by Gasteiger charge is 2.14. The van der Waals surface area contributed by atoms with Gasteiger partial charge in [-0.05, 0) is 88.6 Å². The number of nitrogens with zero attached hydrogens (tertiary/aromatic N) is 1. The highest BCUT2D eigenvalue weighted by Crippen LogP contribution is 2.24. The van der Waals surface area contributed by atoms with Crippen LogP contribution in [0.5, 0.6) is 0 Å². The maximum atomic E-state index is 12.4. The van der Waals surface area contributed by atoms with Gasteiger partial charge < -0.3 is 19.1 Å². The minimum absolute atomic E-state index is 0.0174. The van der Waals surface area contributed by atoms with Crippen molar-refractivity contribution >= 4 is 11.9 Å². The molecule has 0 aromatic heterocycles. The van der Waals surface area contributed by atoms with Crippen molar-refractivity contribution < 1.29 is 23.8 Å². The first-order chi connectivity index (χ1) is 30.0. The Balaban J connectivity index is 2.18. The Labute approximate surface area is 381 Å². The topological polar surface area (TPSA) is 65.1 Å². The number of unbranched alkanes of at least 4 members (excludes halogenated alkanes) is 20. The van der Waals surface area contributed by atoms with Gasteiger partial charge >= 0.3 is 11.9 Å². The number of likely N-dealkylation sites (tertiary alicyclic amines) is 1. The standard InChI is InChI=1S/C55H107NO5/c1-5-9-23-34-51(35-24-10-6-2)42-48-60-54(57)40-29-21-17-13-15-19-27-38-53(50-59-47-33-46-56-44-31-32-45-56)39-28-20-16-14-18-22-30-41-55(58)61-49-43-52(36-25-11-7-3)37-26-12-8-4/h51-53H,5-50H2,1-4H3. The lowest BCUT2D eigenvalue weighted by molar-refractivity contribution is -0.145. The predicted octanol–water partition coefficient (Wildman–Crippen LogP) is 16.5. The van der Waals surface area contributed by atoms with E-state index in [1.165, 1.54) is 219 Å². The SMILES string of the molecule is CCCCCC(CCCCC)CCOC(=O)CCCCCCCCCC(CCCCCCCCCC(=O)OCCC(CCCCC)CCCCC)COCCCN1CCCC1. The molecule has 1 saturated heterocycles. The fraction of sp³-hybridized carbons (Fsp3) is 0.964. The lowest BCUT2D eigenvalue weighted by atomic mass is 9.92. The molecule has 6 nitrogen and oxygen atoms in total. The number of hydrogen-bond donors (Lipinski definition) is 0. The third kappa shape index (κ3) is 39.0. The highest BCUT2D eigenvalue weighted by molar-refractivity contribution is 5.69. The van der Waals surface area contributed by atoms with Crippen molar-refractivity contribution in [2.24, 2.45) is 17.8 Å². The molecule has 0 atom stereocenters. The van der Waals surface area contributed by atoms with Crippen LogP contribution in [0.1, 0.15) is 278 Å². The van der Waals surface area contributed by atoms with E-state index in [0.29, 0.717) is 32.0 Å². The Morgan fingerprint density at radius 2 is 0.738 bits per heavy atom. The first kappa shape index (κ1) is 57.9. The molecule has 1 aliphatic rings. The van der Waals surface area contributed by atoms with Crippen LogP contribution in [0.2, 0.25) is 0 Å². The molecule has 1 fully saturated rings. The van der Waals surface area contributed by atoms with Crippen LogP contribution in [0.25, 0.3) is 0 Å². The van der Waals surface area contributed by atoms with Gasteiger partial charge in [0.05, 0.1) is 13.2 Å². The van der Waals surface area contributed by atoms with Gasteiger partial charge in [-0.2, -0.15) is 0 Å². The van der Waals surface area contributed by atoms with E-state index in [-0.39, 0.29) is 11.9 Å². The number of esters is 2. The third-order valence-corrected chi connectivity index (χ3v) is 13.7. The number of carbonyl (C=O) groups is 2. The summed E-state index contributed by atoms with van der Waals surface area (Å²) >= 11 is 0. The predicted molar refractivity (Wildman–Crippen MR) is 262 cm³/mol. The molecule has 0 amide bonds. The van der Waals surface area contributed by atoms with Gasteiger partial charge in [-0.15, -0.1) is 0 Å². The summed E-state index contributed by atoms with van der Waals surface area (Å²) in [6, 6.07) is 0. The van der Waals surface area contributed by atoms with Crippen molar-refractivity contribution in [3.05, 3.63) is 0 Å². The number of ether oxygens (including phenoxy) is 3. The van der Waals surface area contributed by atoms with E-state index >= 15 is 0 Å². The first-order valence-corrected chi connectivity index (χ1v) is 27.6. The largest absolute Gasteiger partial charge is 0.466 e. The molecule has 0 N–H and O–H groups in total. The Hall–Kier alpha value is -1.14. The fourth-order valence-electron chi connectivity index (χ4n) is 9.55. The molecule has 6 heteroatoms. The van der Waals surface area contributed by atoms with Gasteiger partial charge in [-0.1, -0.05) is 207 Å². The van der Waals surface area contributed by atoms with Crippen LogP contribution in [0, 0.1) is 17.8 Å². The first-order valence-electron chi connectivity index (χ1n) is 27.6. The minimum atomic E-state index is 0.0174. The molecule has 0 radical (unpaired) electrons. The molecular formula is C55H107NO5. The van der Waals surface area contributed by atoms with E-state index in [9.17, 15) is 9.59 Å². The highest BCUT2D eigenvalue weighted by atomic mass is 16.5. The second-order valence-electron chi connectivity index (χ2n) is 19.6. The fourth-order valence-corrected chi connectivity index (χ4v) is 9.55. The van der Waals surface area contributed by atoms with Gasteiger partial charge in [0, 0.05) is 32.6 Å². The van der Waals surface area contributed by atoms with Crippen molar-refractivity contribution in [3.8, 4) is 0 Å². The van der Waals surface area contributed by atoms with E-state index in [0.717, 1.165) is 63.6 Å². The molecule has 1 heterocycles. The maximum absolute atomic E-state index is 12.4. The summed E-state index contributed by atoms with van der Waals surface area (Å²) in [6.45, 7) is 15.9. The average molecular weight is 862 g/mol. The van der Waals surface area contributed by atoms with Crippen LogP contribution in [0.15, 0.2) is 0 Å². The summed E-state index contributed by atoms with van der Waals surface area (Å²) in [6.07, 6.45) is 47.7. The van der Waals surface area contributed by atoms with Crippen molar-refractivity contribution in [2.45, 2.75) is 278 Å². The second-order valence-corrected chi connectivity index (χ2v) is 19.6. The van der Waals surface area contributed by atoms with Crippen LogP contribution < -0.4 is 0 Å². The molecule has 1 aliphatic heterocycles. The third-order valence-electron chi connectivity index (χ3n) is 13.7. The molecule has 0 aromatic rings. The monoisotopic (exact) mass is 862 g/mol. The lowest BCUT2D eigenvalue weighted by Crippen LogP contribution is -2.22. The van der Waals surface area contributed by atoms with Gasteiger partial charge in [-0.3, -0.25) is 9.59 Å². The zero-order chi connectivity index (χ0) is 44.1. The Bertz CT molecular complexity index is 842. The molecule has 0 bridgehead atoms. The van der Waals surface area contributed by atoms with Crippen LogP contribution in [0.4, 0.5) is 0 Å². The molecule has 0 unspecified atom stereocenters. The molecule has 61 heavy (non-hydrogen) atoms. The van der Waals surface area contributed by atoms with E-state index in [4.69, 9.17) is 14.2 Å². The molecule has 362 valence electrons. The molecular weight excluding hydrogens is 755 g/mol. The number of hydrogen-bond acceptors (Lipinski definition) is 6. The van der Waals surface area contributed by atoms with E-state index < -0.39 is 0 Å². The van der Waals surface area contributed by atoms with Crippen molar-refractivity contribution in [1.82, 2.24) is 4.90 Å². The van der Waals surface area contributed by atoms with Gasteiger partial charge in [0.1, 0.15) is 0 Å². The van der Waals surface area contributed by atoms with Crippen LogP contribution in [0.3, 0.4) is 0 Å². The zero-order valence-electron chi connectivity index (χ0n) is 41.7.